The molecule has 3 aromatic rings. The number of hydrogen-bond acceptors (Lipinski definition) is 5. The average molecular weight is 496 g/mol. The molecule has 1 aliphatic heterocycles. The lowest BCUT2D eigenvalue weighted by atomic mass is 10.1. The SMILES string of the molecule is O=C(CCCCCN=C1NS(=O)(=O)c2ccccc21)Nc1cccc(COc2cccc(F)c2)c1. The van der Waals surface area contributed by atoms with E-state index in [1.54, 1.807) is 42.5 Å². The van der Waals surface area contributed by atoms with Gasteiger partial charge in [0.2, 0.25) is 5.91 Å². The van der Waals surface area contributed by atoms with E-state index in [-0.39, 0.29) is 23.2 Å². The Morgan fingerprint density at radius 3 is 2.66 bits per heavy atom. The minimum absolute atomic E-state index is 0.0861. The lowest BCUT2D eigenvalue weighted by Gasteiger charge is -2.09. The van der Waals surface area contributed by atoms with E-state index in [1.165, 1.54) is 12.1 Å². The van der Waals surface area contributed by atoms with Crippen LogP contribution in [0.4, 0.5) is 10.1 Å². The molecule has 0 radical (unpaired) electrons. The van der Waals surface area contributed by atoms with E-state index >= 15 is 0 Å². The highest BCUT2D eigenvalue weighted by molar-refractivity contribution is 7.90. The van der Waals surface area contributed by atoms with Crippen LogP contribution in [0.2, 0.25) is 0 Å². The third-order valence-corrected chi connectivity index (χ3v) is 6.80. The Kier molecular flexibility index (Phi) is 7.77. The largest absolute Gasteiger partial charge is 0.489 e. The molecular formula is C26H26FN3O4S. The van der Waals surface area contributed by atoms with E-state index in [2.05, 4.69) is 15.0 Å². The van der Waals surface area contributed by atoms with E-state index in [0.29, 0.717) is 42.2 Å². The van der Waals surface area contributed by atoms with Gasteiger partial charge in [-0.3, -0.25) is 14.5 Å². The molecule has 1 amide bonds. The van der Waals surface area contributed by atoms with Crippen LogP contribution in [0, 0.1) is 5.82 Å². The molecule has 3 aromatic carbocycles. The lowest BCUT2D eigenvalue weighted by molar-refractivity contribution is -0.116. The Morgan fingerprint density at radius 1 is 0.971 bits per heavy atom. The number of fused-ring (bicyclic) bond motifs is 1. The van der Waals surface area contributed by atoms with Gasteiger partial charge in [-0.25, -0.2) is 12.8 Å². The van der Waals surface area contributed by atoms with E-state index in [0.717, 1.165) is 18.4 Å². The Labute approximate surface area is 204 Å². The van der Waals surface area contributed by atoms with E-state index in [9.17, 15) is 17.6 Å². The van der Waals surface area contributed by atoms with Crippen molar-refractivity contribution in [3.8, 4) is 5.75 Å². The monoisotopic (exact) mass is 495 g/mol. The van der Waals surface area contributed by atoms with Crippen LogP contribution in [0.3, 0.4) is 0 Å². The third kappa shape index (κ3) is 6.66. The number of sulfonamides is 1. The number of rotatable bonds is 10. The van der Waals surface area contributed by atoms with Crippen LogP contribution in [-0.2, 0) is 21.4 Å². The van der Waals surface area contributed by atoms with E-state index in [1.807, 2.05) is 18.2 Å². The van der Waals surface area contributed by atoms with Crippen molar-refractivity contribution in [1.29, 1.82) is 0 Å². The van der Waals surface area contributed by atoms with Crippen molar-refractivity contribution < 1.29 is 22.3 Å². The summed E-state index contributed by atoms with van der Waals surface area (Å²) in [5.41, 5.74) is 2.12. The van der Waals surface area contributed by atoms with Crippen molar-refractivity contribution in [2.75, 3.05) is 11.9 Å². The number of halogens is 1. The number of carbonyl (C=O) groups excluding carboxylic acids is 1. The molecule has 0 aliphatic carbocycles. The maximum atomic E-state index is 13.3. The van der Waals surface area contributed by atoms with Crippen LogP contribution in [0.1, 0.15) is 36.8 Å². The Bertz CT molecular complexity index is 1340. The van der Waals surface area contributed by atoms with Crippen molar-refractivity contribution in [2.45, 2.75) is 37.2 Å². The lowest BCUT2D eigenvalue weighted by Crippen LogP contribution is -2.22. The average Bonchev–Trinajstić information content (AvgIpc) is 3.10. The van der Waals surface area contributed by atoms with E-state index < -0.39 is 10.0 Å². The summed E-state index contributed by atoms with van der Waals surface area (Å²) in [4.78, 5) is 16.9. The van der Waals surface area contributed by atoms with Crippen LogP contribution < -0.4 is 14.8 Å². The van der Waals surface area contributed by atoms with Gasteiger partial charge in [0.25, 0.3) is 10.0 Å². The highest BCUT2D eigenvalue weighted by atomic mass is 32.2. The van der Waals surface area contributed by atoms with Gasteiger partial charge in [-0.05, 0) is 54.8 Å². The van der Waals surface area contributed by atoms with Crippen LogP contribution in [0.5, 0.6) is 5.75 Å². The fourth-order valence-corrected chi connectivity index (χ4v) is 4.95. The number of anilines is 1. The fraction of sp³-hybridized carbons (Fsp3) is 0.231. The molecule has 0 fully saturated rings. The molecule has 0 saturated carbocycles. The molecule has 2 N–H and O–H groups in total. The summed E-state index contributed by atoms with van der Waals surface area (Å²) >= 11 is 0. The highest BCUT2D eigenvalue weighted by Gasteiger charge is 2.29. The van der Waals surface area contributed by atoms with Gasteiger partial charge in [0.1, 0.15) is 24.0 Å². The second-order valence-corrected chi connectivity index (χ2v) is 9.79. The van der Waals surface area contributed by atoms with Gasteiger partial charge in [-0.1, -0.05) is 36.8 Å². The summed E-state index contributed by atoms with van der Waals surface area (Å²) in [5, 5.41) is 2.89. The number of carbonyl (C=O) groups is 1. The number of hydrogen-bond donors (Lipinski definition) is 2. The first kappa shape index (κ1) is 24.4. The zero-order valence-electron chi connectivity index (χ0n) is 19.0. The molecule has 0 aromatic heterocycles. The van der Waals surface area contributed by atoms with Gasteiger partial charge >= 0.3 is 0 Å². The number of nitrogens with one attached hydrogen (secondary N) is 2. The molecule has 1 heterocycles. The first-order valence-electron chi connectivity index (χ1n) is 11.3. The first-order chi connectivity index (χ1) is 16.9. The molecule has 182 valence electrons. The molecule has 0 saturated heterocycles. The first-order valence-corrected chi connectivity index (χ1v) is 12.8. The van der Waals surface area contributed by atoms with Crippen molar-refractivity contribution in [2.24, 2.45) is 4.99 Å². The van der Waals surface area contributed by atoms with Gasteiger partial charge in [0.15, 0.2) is 0 Å². The van der Waals surface area contributed by atoms with Gasteiger partial charge in [-0.2, -0.15) is 0 Å². The number of amidine groups is 1. The molecule has 35 heavy (non-hydrogen) atoms. The van der Waals surface area contributed by atoms with Gasteiger partial charge in [-0.15, -0.1) is 0 Å². The zero-order chi connectivity index (χ0) is 24.7. The summed E-state index contributed by atoms with van der Waals surface area (Å²) in [7, 11) is -3.52. The van der Waals surface area contributed by atoms with Crippen LogP contribution >= 0.6 is 0 Å². The molecule has 9 heteroatoms. The van der Waals surface area contributed by atoms with Crippen molar-refractivity contribution in [3.63, 3.8) is 0 Å². The maximum Gasteiger partial charge on any atom is 0.263 e. The highest BCUT2D eigenvalue weighted by Crippen LogP contribution is 2.22. The van der Waals surface area contributed by atoms with E-state index in [4.69, 9.17) is 4.74 Å². The summed E-state index contributed by atoms with van der Waals surface area (Å²) < 4.78 is 45.6. The second kappa shape index (κ2) is 11.1. The predicted octanol–water partition coefficient (Wildman–Crippen LogP) is 4.64. The molecule has 4 rings (SSSR count). The Balaban J connectivity index is 1.18. The number of benzene rings is 3. The van der Waals surface area contributed by atoms with Crippen molar-refractivity contribution >= 4 is 27.5 Å². The number of aliphatic imine (C=N–C) groups is 1. The number of nitrogens with zero attached hydrogens (tertiary/aromatic N) is 1. The smallest absolute Gasteiger partial charge is 0.263 e. The Hall–Kier alpha value is -3.72. The maximum absolute atomic E-state index is 13.3. The minimum Gasteiger partial charge on any atom is -0.489 e. The van der Waals surface area contributed by atoms with Crippen LogP contribution in [0.25, 0.3) is 0 Å². The summed E-state index contributed by atoms with van der Waals surface area (Å²) in [6.45, 7) is 0.734. The quantitative estimate of drug-likeness (QED) is 0.401. The number of amides is 1. The molecule has 0 bridgehead atoms. The van der Waals surface area contributed by atoms with Gasteiger partial charge in [0, 0.05) is 30.3 Å². The molecule has 0 atom stereocenters. The van der Waals surface area contributed by atoms with Crippen molar-refractivity contribution in [3.05, 3.63) is 89.7 Å². The standard InChI is InChI=1S/C26H26FN3O4S/c27-20-9-7-11-22(17-20)34-18-19-8-6-10-21(16-19)29-25(31)14-2-1-5-15-28-26-23-12-3-4-13-24(23)35(32,33)30-26/h3-4,6-13,16-17H,1-2,5,14-15,18H2,(H,28,30)(H,29,31). The Morgan fingerprint density at radius 2 is 1.80 bits per heavy atom. The zero-order valence-corrected chi connectivity index (χ0v) is 19.9. The molecular weight excluding hydrogens is 469 g/mol. The predicted molar refractivity (Wildman–Crippen MR) is 132 cm³/mol. The summed E-state index contributed by atoms with van der Waals surface area (Å²) in [6, 6.07) is 20.0. The molecule has 7 nitrogen and oxygen atoms in total. The van der Waals surface area contributed by atoms with Crippen LogP contribution in [0.15, 0.2) is 82.7 Å². The molecule has 0 spiro atoms. The van der Waals surface area contributed by atoms with Gasteiger partial charge < -0.3 is 10.1 Å². The van der Waals surface area contributed by atoms with Crippen LogP contribution in [-0.4, -0.2) is 26.7 Å². The fourth-order valence-electron chi connectivity index (χ4n) is 3.70. The van der Waals surface area contributed by atoms with Gasteiger partial charge in [0.05, 0.1) is 4.90 Å². The normalized spacial score (nSPS) is 14.8. The molecule has 0 unspecified atom stereocenters. The second-order valence-electron chi connectivity index (χ2n) is 8.14. The van der Waals surface area contributed by atoms with Crippen molar-refractivity contribution in [1.82, 2.24) is 4.72 Å². The number of unbranched alkanes of at least 4 members (excludes halogenated alkanes) is 2. The summed E-state index contributed by atoms with van der Waals surface area (Å²) in [6.07, 6.45) is 2.60. The number of ether oxygens (including phenoxy) is 1. The topological polar surface area (TPSA) is 96.9 Å². The molecule has 1 aliphatic rings. The minimum atomic E-state index is -3.52. The summed E-state index contributed by atoms with van der Waals surface area (Å²) in [5.74, 6) is 0.375. The third-order valence-electron chi connectivity index (χ3n) is 5.41.